The molecule has 0 unspecified atom stereocenters. The van der Waals surface area contributed by atoms with Crippen LogP contribution in [0.3, 0.4) is 0 Å². The van der Waals surface area contributed by atoms with Crippen molar-refractivity contribution < 1.29 is 13.2 Å². The van der Waals surface area contributed by atoms with Crippen LogP contribution in [-0.4, -0.2) is 14.2 Å². The molecule has 3 aromatic carbocycles. The van der Waals surface area contributed by atoms with Gasteiger partial charge in [0, 0.05) is 5.56 Å². The average Bonchev–Trinajstić information content (AvgIpc) is 2.63. The van der Waals surface area contributed by atoms with E-state index in [-0.39, 0.29) is 11.5 Å². The lowest BCUT2D eigenvalue weighted by Gasteiger charge is -2.11. The Morgan fingerprint density at radius 2 is 1.32 bits per heavy atom. The van der Waals surface area contributed by atoms with E-state index < -0.39 is 9.84 Å². The minimum atomic E-state index is -3.23. The van der Waals surface area contributed by atoms with Gasteiger partial charge in [-0.15, -0.1) is 0 Å². The molecule has 0 amide bonds. The molecule has 0 N–H and O–H groups in total. The Bertz CT molecular complexity index is 904. The molecule has 0 saturated carbocycles. The van der Waals surface area contributed by atoms with Gasteiger partial charge in [0.25, 0.3) is 0 Å². The minimum Gasteiger partial charge on any atom is -0.457 e. The Balaban J connectivity index is 1.71. The smallest absolute Gasteiger partial charge is 0.154 e. The maximum Gasteiger partial charge on any atom is 0.154 e. The van der Waals surface area contributed by atoms with Crippen LogP contribution in [0.2, 0.25) is 0 Å². The summed E-state index contributed by atoms with van der Waals surface area (Å²) in [7, 11) is -3.23. The highest BCUT2D eigenvalue weighted by molar-refractivity contribution is 7.90. The quantitative estimate of drug-likeness (QED) is 0.622. The largest absolute Gasteiger partial charge is 0.457 e. The van der Waals surface area contributed by atoms with Gasteiger partial charge in [0.15, 0.2) is 9.84 Å². The summed E-state index contributed by atoms with van der Waals surface area (Å²) in [5, 5.41) is 0. The second-order valence-electron chi connectivity index (χ2n) is 5.85. The molecule has 0 aliphatic heterocycles. The number of hydrogen-bond acceptors (Lipinski definition) is 3. The van der Waals surface area contributed by atoms with Crippen molar-refractivity contribution in [1.29, 1.82) is 0 Å². The Morgan fingerprint density at radius 1 is 0.720 bits per heavy atom. The van der Waals surface area contributed by atoms with Crippen LogP contribution in [0.25, 0.3) is 0 Å². The molecule has 0 atom stereocenters. The third kappa shape index (κ3) is 5.19. The first-order valence-corrected chi connectivity index (χ1v) is 10.00. The van der Waals surface area contributed by atoms with E-state index in [0.29, 0.717) is 23.5 Å². The predicted molar refractivity (Wildman–Crippen MR) is 101 cm³/mol. The van der Waals surface area contributed by atoms with Crippen LogP contribution in [0.4, 0.5) is 0 Å². The zero-order valence-electron chi connectivity index (χ0n) is 13.8. The summed E-state index contributed by atoms with van der Waals surface area (Å²) in [5.74, 6) is 1.37. The first-order chi connectivity index (χ1) is 12.1. The number of ether oxygens (including phenoxy) is 1. The molecule has 3 rings (SSSR count). The zero-order chi connectivity index (χ0) is 17.5. The second kappa shape index (κ2) is 7.99. The van der Waals surface area contributed by atoms with E-state index in [9.17, 15) is 8.42 Å². The topological polar surface area (TPSA) is 43.4 Å². The van der Waals surface area contributed by atoms with E-state index in [1.807, 2.05) is 72.8 Å². The van der Waals surface area contributed by atoms with Crippen molar-refractivity contribution in [2.75, 3.05) is 5.75 Å². The van der Waals surface area contributed by atoms with Crippen LogP contribution in [0.15, 0.2) is 84.9 Å². The molecule has 0 bridgehead atoms. The zero-order valence-corrected chi connectivity index (χ0v) is 14.7. The average molecular weight is 352 g/mol. The van der Waals surface area contributed by atoms with Gasteiger partial charge in [0.1, 0.15) is 11.5 Å². The molecule has 4 heteroatoms. The number of hydrogen-bond donors (Lipinski definition) is 0. The summed E-state index contributed by atoms with van der Waals surface area (Å²) in [6.07, 6.45) is 0.519. The SMILES string of the molecule is O=S(=O)(CCc1ccccc1)Cc1ccccc1Oc1ccccc1. The maximum absolute atomic E-state index is 12.5. The van der Waals surface area contributed by atoms with Crippen molar-refractivity contribution in [2.24, 2.45) is 0 Å². The van der Waals surface area contributed by atoms with Gasteiger partial charge in [-0.3, -0.25) is 0 Å². The number of para-hydroxylation sites is 2. The third-order valence-corrected chi connectivity index (χ3v) is 5.44. The molecule has 0 spiro atoms. The molecular weight excluding hydrogens is 332 g/mol. The maximum atomic E-state index is 12.5. The lowest BCUT2D eigenvalue weighted by Crippen LogP contribution is -2.12. The molecule has 3 aromatic rings. The van der Waals surface area contributed by atoms with Crippen LogP contribution in [-0.2, 0) is 22.0 Å². The number of benzene rings is 3. The summed E-state index contributed by atoms with van der Waals surface area (Å²) >= 11 is 0. The summed E-state index contributed by atoms with van der Waals surface area (Å²) in [6, 6.07) is 26.3. The van der Waals surface area contributed by atoms with Crippen LogP contribution >= 0.6 is 0 Å². The highest BCUT2D eigenvalue weighted by Gasteiger charge is 2.15. The fraction of sp³-hybridized carbons (Fsp3) is 0.143. The number of sulfone groups is 1. The van der Waals surface area contributed by atoms with Crippen LogP contribution in [0.1, 0.15) is 11.1 Å². The first kappa shape index (κ1) is 17.2. The van der Waals surface area contributed by atoms with Gasteiger partial charge in [0.2, 0.25) is 0 Å². The molecule has 0 aromatic heterocycles. The molecule has 0 fully saturated rings. The van der Waals surface area contributed by atoms with Gasteiger partial charge in [-0.25, -0.2) is 8.42 Å². The van der Waals surface area contributed by atoms with E-state index in [2.05, 4.69) is 0 Å². The van der Waals surface area contributed by atoms with E-state index in [4.69, 9.17) is 4.74 Å². The Kier molecular flexibility index (Phi) is 5.51. The van der Waals surface area contributed by atoms with Crippen molar-refractivity contribution in [3.63, 3.8) is 0 Å². The Morgan fingerprint density at radius 3 is 2.04 bits per heavy atom. The second-order valence-corrected chi connectivity index (χ2v) is 8.03. The molecule has 0 aliphatic rings. The lowest BCUT2D eigenvalue weighted by molar-refractivity contribution is 0.477. The lowest BCUT2D eigenvalue weighted by atomic mass is 10.2. The molecule has 128 valence electrons. The number of rotatable bonds is 7. The van der Waals surface area contributed by atoms with E-state index in [1.54, 1.807) is 12.1 Å². The van der Waals surface area contributed by atoms with Gasteiger partial charge in [-0.05, 0) is 30.2 Å². The minimum absolute atomic E-state index is 0.0250. The van der Waals surface area contributed by atoms with Gasteiger partial charge in [-0.1, -0.05) is 66.7 Å². The molecule has 0 saturated heterocycles. The van der Waals surface area contributed by atoms with Gasteiger partial charge >= 0.3 is 0 Å². The predicted octanol–water partition coefficient (Wildman–Crippen LogP) is 4.64. The van der Waals surface area contributed by atoms with Crippen LogP contribution in [0.5, 0.6) is 11.5 Å². The van der Waals surface area contributed by atoms with E-state index in [0.717, 1.165) is 5.56 Å². The van der Waals surface area contributed by atoms with Gasteiger partial charge < -0.3 is 4.74 Å². The van der Waals surface area contributed by atoms with Crippen molar-refractivity contribution in [3.05, 3.63) is 96.1 Å². The van der Waals surface area contributed by atoms with Gasteiger partial charge in [-0.2, -0.15) is 0 Å². The summed E-state index contributed by atoms with van der Waals surface area (Å²) in [5.41, 5.74) is 1.71. The Labute approximate surface area is 148 Å². The van der Waals surface area contributed by atoms with E-state index >= 15 is 0 Å². The van der Waals surface area contributed by atoms with E-state index in [1.165, 1.54) is 0 Å². The molecular formula is C21H20O3S. The third-order valence-electron chi connectivity index (χ3n) is 3.86. The molecule has 0 heterocycles. The fourth-order valence-corrected chi connectivity index (χ4v) is 3.97. The van der Waals surface area contributed by atoms with Crippen molar-refractivity contribution in [3.8, 4) is 11.5 Å². The monoisotopic (exact) mass is 352 g/mol. The summed E-state index contributed by atoms with van der Waals surface area (Å²) in [4.78, 5) is 0. The normalized spacial score (nSPS) is 11.2. The fourth-order valence-electron chi connectivity index (χ4n) is 2.57. The molecule has 0 aliphatic carbocycles. The molecule has 25 heavy (non-hydrogen) atoms. The van der Waals surface area contributed by atoms with Crippen molar-refractivity contribution in [2.45, 2.75) is 12.2 Å². The molecule has 0 radical (unpaired) electrons. The van der Waals surface area contributed by atoms with Crippen LogP contribution < -0.4 is 4.74 Å². The summed E-state index contributed by atoms with van der Waals surface area (Å²) in [6.45, 7) is 0. The standard InChI is InChI=1S/C21H20O3S/c22-25(23,16-15-18-9-3-1-4-10-18)17-19-11-7-8-14-21(19)24-20-12-5-2-6-13-20/h1-14H,15-17H2. The molecule has 3 nitrogen and oxygen atoms in total. The highest BCUT2D eigenvalue weighted by Crippen LogP contribution is 2.26. The van der Waals surface area contributed by atoms with Crippen LogP contribution in [0, 0.1) is 0 Å². The Hall–Kier alpha value is -2.59. The van der Waals surface area contributed by atoms with Gasteiger partial charge in [0.05, 0.1) is 11.5 Å². The highest BCUT2D eigenvalue weighted by atomic mass is 32.2. The van der Waals surface area contributed by atoms with Crippen molar-refractivity contribution in [1.82, 2.24) is 0 Å². The number of aryl methyl sites for hydroxylation is 1. The first-order valence-electron chi connectivity index (χ1n) is 8.17. The summed E-state index contributed by atoms with van der Waals surface area (Å²) < 4.78 is 30.9. The van der Waals surface area contributed by atoms with Crippen molar-refractivity contribution >= 4 is 9.84 Å².